The van der Waals surface area contributed by atoms with Crippen molar-refractivity contribution in [2.45, 2.75) is 44.6 Å². The SMILES string of the molecule is CNc1cc([C@@H]2CCCNC2)nc(CN(C)C(=O)C(C)(C)c2ccc(F)cc2)n1. The van der Waals surface area contributed by atoms with Crippen LogP contribution in [0.1, 0.15) is 49.7 Å². The van der Waals surface area contributed by atoms with E-state index < -0.39 is 5.41 Å². The molecular weight excluding hydrogens is 369 g/mol. The number of nitrogens with one attached hydrogen (secondary N) is 2. The first-order chi connectivity index (χ1) is 13.8. The van der Waals surface area contributed by atoms with Gasteiger partial charge in [-0.15, -0.1) is 0 Å². The molecule has 0 spiro atoms. The fourth-order valence-corrected chi connectivity index (χ4v) is 3.78. The molecule has 1 atom stereocenters. The summed E-state index contributed by atoms with van der Waals surface area (Å²) in [6, 6.07) is 8.08. The van der Waals surface area contributed by atoms with E-state index in [2.05, 4.69) is 15.6 Å². The molecule has 29 heavy (non-hydrogen) atoms. The van der Waals surface area contributed by atoms with Crippen molar-refractivity contribution in [3.8, 4) is 0 Å². The molecule has 1 aliphatic heterocycles. The molecule has 1 fully saturated rings. The van der Waals surface area contributed by atoms with E-state index in [0.29, 0.717) is 18.3 Å². The van der Waals surface area contributed by atoms with Crippen molar-refractivity contribution in [1.82, 2.24) is 20.2 Å². The van der Waals surface area contributed by atoms with E-state index in [9.17, 15) is 9.18 Å². The predicted molar refractivity (Wildman–Crippen MR) is 112 cm³/mol. The van der Waals surface area contributed by atoms with Gasteiger partial charge in [0.25, 0.3) is 0 Å². The van der Waals surface area contributed by atoms with Gasteiger partial charge in [0.15, 0.2) is 0 Å². The Morgan fingerprint density at radius 3 is 2.66 bits per heavy atom. The Morgan fingerprint density at radius 1 is 1.31 bits per heavy atom. The lowest BCUT2D eigenvalue weighted by Crippen LogP contribution is -2.41. The topological polar surface area (TPSA) is 70.2 Å². The van der Waals surface area contributed by atoms with Crippen molar-refractivity contribution in [3.05, 3.63) is 53.2 Å². The van der Waals surface area contributed by atoms with E-state index in [1.807, 2.05) is 27.0 Å². The number of carbonyl (C=O) groups excluding carboxylic acids is 1. The second-order valence-corrected chi connectivity index (χ2v) is 8.18. The third-order valence-electron chi connectivity index (χ3n) is 5.59. The molecule has 2 N–H and O–H groups in total. The van der Waals surface area contributed by atoms with Gasteiger partial charge < -0.3 is 15.5 Å². The molecule has 0 bridgehead atoms. The van der Waals surface area contributed by atoms with E-state index in [1.165, 1.54) is 12.1 Å². The lowest BCUT2D eigenvalue weighted by atomic mass is 9.83. The zero-order chi connectivity index (χ0) is 21.0. The first kappa shape index (κ1) is 21.2. The summed E-state index contributed by atoms with van der Waals surface area (Å²) in [6.07, 6.45) is 2.22. The summed E-state index contributed by atoms with van der Waals surface area (Å²) < 4.78 is 13.3. The number of amides is 1. The van der Waals surface area contributed by atoms with E-state index in [4.69, 9.17) is 4.98 Å². The maximum atomic E-state index is 13.3. The monoisotopic (exact) mass is 399 g/mol. The molecule has 0 radical (unpaired) electrons. The molecule has 6 nitrogen and oxygen atoms in total. The maximum absolute atomic E-state index is 13.3. The van der Waals surface area contributed by atoms with Crippen LogP contribution >= 0.6 is 0 Å². The highest BCUT2D eigenvalue weighted by molar-refractivity contribution is 5.87. The van der Waals surface area contributed by atoms with Gasteiger partial charge >= 0.3 is 0 Å². The van der Waals surface area contributed by atoms with Gasteiger partial charge in [-0.05, 0) is 50.9 Å². The zero-order valence-electron chi connectivity index (χ0n) is 17.6. The highest BCUT2D eigenvalue weighted by atomic mass is 19.1. The van der Waals surface area contributed by atoms with E-state index >= 15 is 0 Å². The number of benzene rings is 1. The number of likely N-dealkylation sites (N-methyl/N-ethyl adjacent to an activating group) is 1. The summed E-state index contributed by atoms with van der Waals surface area (Å²) in [5.41, 5.74) is 0.999. The number of nitrogens with zero attached hydrogens (tertiary/aromatic N) is 3. The first-order valence-electron chi connectivity index (χ1n) is 10.1. The molecule has 0 saturated carbocycles. The summed E-state index contributed by atoms with van der Waals surface area (Å²) in [7, 11) is 3.59. The number of hydrogen-bond acceptors (Lipinski definition) is 5. The molecule has 7 heteroatoms. The summed E-state index contributed by atoms with van der Waals surface area (Å²) in [4.78, 5) is 24.1. The summed E-state index contributed by atoms with van der Waals surface area (Å²) in [6.45, 7) is 5.97. The normalized spacial score (nSPS) is 17.1. The van der Waals surface area contributed by atoms with Gasteiger partial charge in [-0.3, -0.25) is 4.79 Å². The minimum atomic E-state index is -0.779. The van der Waals surface area contributed by atoms with Crippen molar-refractivity contribution < 1.29 is 9.18 Å². The van der Waals surface area contributed by atoms with Crippen LogP contribution in [0.3, 0.4) is 0 Å². The van der Waals surface area contributed by atoms with Crippen molar-refractivity contribution in [1.29, 1.82) is 0 Å². The lowest BCUT2D eigenvalue weighted by molar-refractivity contribution is -0.135. The quantitative estimate of drug-likeness (QED) is 0.781. The molecule has 1 saturated heterocycles. The summed E-state index contributed by atoms with van der Waals surface area (Å²) in [5.74, 6) is 1.35. The molecule has 1 aromatic carbocycles. The molecule has 156 valence electrons. The van der Waals surface area contributed by atoms with Gasteiger partial charge in [-0.2, -0.15) is 0 Å². The standard InChI is InChI=1S/C22H30FN5O/c1-22(2,16-7-9-17(23)10-8-16)21(29)28(4)14-20-26-18(12-19(24-3)27-20)15-6-5-11-25-13-15/h7-10,12,15,25H,5-6,11,13-14H2,1-4H3,(H,24,26,27)/t15-/m1/s1. The molecule has 0 aliphatic carbocycles. The molecule has 0 unspecified atom stereocenters. The van der Waals surface area contributed by atoms with Gasteiger partial charge in [0.2, 0.25) is 5.91 Å². The number of piperidine rings is 1. The number of hydrogen-bond donors (Lipinski definition) is 2. The Balaban J connectivity index is 1.79. The average molecular weight is 400 g/mol. The molecule has 2 aromatic rings. The molecular formula is C22H30FN5O. The van der Waals surface area contributed by atoms with Crippen molar-refractivity contribution in [2.75, 3.05) is 32.5 Å². The van der Waals surface area contributed by atoms with Gasteiger partial charge in [-0.1, -0.05) is 12.1 Å². The number of anilines is 1. The Hall–Kier alpha value is -2.54. The molecule has 1 amide bonds. The van der Waals surface area contributed by atoms with Crippen LogP contribution in [-0.2, 0) is 16.8 Å². The lowest BCUT2D eigenvalue weighted by Gasteiger charge is -2.30. The Kier molecular flexibility index (Phi) is 6.47. The van der Waals surface area contributed by atoms with E-state index in [-0.39, 0.29) is 11.7 Å². The summed E-state index contributed by atoms with van der Waals surface area (Å²) >= 11 is 0. The van der Waals surface area contributed by atoms with Crippen molar-refractivity contribution >= 4 is 11.7 Å². The average Bonchev–Trinajstić information content (AvgIpc) is 2.73. The number of halogens is 1. The number of rotatable bonds is 6. The van der Waals surface area contributed by atoms with E-state index in [1.54, 1.807) is 24.1 Å². The highest BCUT2D eigenvalue weighted by Gasteiger charge is 2.33. The summed E-state index contributed by atoms with van der Waals surface area (Å²) in [5, 5.41) is 6.52. The number of aromatic nitrogens is 2. The van der Waals surface area contributed by atoms with Crippen LogP contribution in [0.25, 0.3) is 0 Å². The Bertz CT molecular complexity index is 847. The van der Waals surface area contributed by atoms with Gasteiger partial charge in [0, 0.05) is 32.6 Å². The third kappa shape index (κ3) is 4.90. The molecule has 1 aliphatic rings. The second-order valence-electron chi connectivity index (χ2n) is 8.18. The molecule has 2 heterocycles. The Labute approximate surface area is 171 Å². The smallest absolute Gasteiger partial charge is 0.232 e. The minimum absolute atomic E-state index is 0.0662. The van der Waals surface area contributed by atoms with Gasteiger partial charge in [0.05, 0.1) is 17.7 Å². The van der Waals surface area contributed by atoms with Crippen LogP contribution in [-0.4, -0.2) is 48.0 Å². The van der Waals surface area contributed by atoms with Gasteiger partial charge in [-0.25, -0.2) is 14.4 Å². The zero-order valence-corrected chi connectivity index (χ0v) is 17.6. The molecule has 1 aromatic heterocycles. The maximum Gasteiger partial charge on any atom is 0.232 e. The first-order valence-corrected chi connectivity index (χ1v) is 10.1. The van der Waals surface area contributed by atoms with Crippen LogP contribution < -0.4 is 10.6 Å². The van der Waals surface area contributed by atoms with Crippen LogP contribution in [0, 0.1) is 5.82 Å². The van der Waals surface area contributed by atoms with Crippen molar-refractivity contribution in [3.63, 3.8) is 0 Å². The minimum Gasteiger partial charge on any atom is -0.373 e. The van der Waals surface area contributed by atoms with Crippen LogP contribution in [0.15, 0.2) is 30.3 Å². The van der Waals surface area contributed by atoms with Gasteiger partial charge in [0.1, 0.15) is 17.5 Å². The van der Waals surface area contributed by atoms with Crippen molar-refractivity contribution in [2.24, 2.45) is 0 Å². The van der Waals surface area contributed by atoms with Crippen LogP contribution in [0.4, 0.5) is 10.2 Å². The number of carbonyl (C=O) groups is 1. The van der Waals surface area contributed by atoms with E-state index in [0.717, 1.165) is 43.0 Å². The van der Waals surface area contributed by atoms with Crippen LogP contribution in [0.5, 0.6) is 0 Å². The third-order valence-corrected chi connectivity index (χ3v) is 5.59. The largest absolute Gasteiger partial charge is 0.373 e. The highest BCUT2D eigenvalue weighted by Crippen LogP contribution is 2.27. The second kappa shape index (κ2) is 8.86. The molecule has 3 rings (SSSR count). The van der Waals surface area contributed by atoms with Crippen LogP contribution in [0.2, 0.25) is 0 Å². The fraction of sp³-hybridized carbons (Fsp3) is 0.500. The predicted octanol–water partition coefficient (Wildman–Crippen LogP) is 3.06. The Morgan fingerprint density at radius 2 is 2.03 bits per heavy atom. The fourth-order valence-electron chi connectivity index (χ4n) is 3.78.